The summed E-state index contributed by atoms with van der Waals surface area (Å²) in [6.07, 6.45) is -0.583. The molecule has 0 atom stereocenters. The highest BCUT2D eigenvalue weighted by atomic mass is 19.4. The standard InChI is InChI=1S/C25H20F3N7O2/c1-14-20(24(37-3)31-13-30-14)21-29-10-17-8-9-19(36)35(23(17)33-21)11-15-4-6-16(7-5-15)22-32-18(12-34(22)2)25(26,27)28/h4-10,12-13H,11H2,1-3H3. The van der Waals surface area contributed by atoms with E-state index in [-0.39, 0.29) is 17.9 Å². The van der Waals surface area contributed by atoms with Crippen molar-refractivity contribution in [3.63, 3.8) is 0 Å². The van der Waals surface area contributed by atoms with E-state index in [0.717, 1.165) is 11.8 Å². The minimum absolute atomic E-state index is 0.183. The Hall–Kier alpha value is -4.61. The van der Waals surface area contributed by atoms with Gasteiger partial charge in [0.1, 0.15) is 23.4 Å². The second-order valence-corrected chi connectivity index (χ2v) is 8.33. The van der Waals surface area contributed by atoms with E-state index in [4.69, 9.17) is 4.74 Å². The lowest BCUT2D eigenvalue weighted by Crippen LogP contribution is -2.21. The lowest BCUT2D eigenvalue weighted by Gasteiger charge is -2.12. The second-order valence-electron chi connectivity index (χ2n) is 8.33. The van der Waals surface area contributed by atoms with Gasteiger partial charge in [0.2, 0.25) is 5.88 Å². The number of pyridine rings is 1. The normalized spacial score (nSPS) is 11.7. The number of hydrogen-bond donors (Lipinski definition) is 0. The molecule has 5 rings (SSSR count). The summed E-state index contributed by atoms with van der Waals surface area (Å²) < 4.78 is 47.3. The van der Waals surface area contributed by atoms with Gasteiger partial charge in [0.05, 0.1) is 19.3 Å². The summed E-state index contributed by atoms with van der Waals surface area (Å²) in [6.45, 7) is 1.97. The number of nitrogens with zero attached hydrogens (tertiary/aromatic N) is 7. The smallest absolute Gasteiger partial charge is 0.434 e. The number of aryl methyl sites for hydroxylation is 2. The van der Waals surface area contributed by atoms with Crippen LogP contribution in [0.1, 0.15) is 17.0 Å². The molecule has 4 heterocycles. The topological polar surface area (TPSA) is 101 Å². The zero-order chi connectivity index (χ0) is 26.3. The largest absolute Gasteiger partial charge is 0.480 e. The van der Waals surface area contributed by atoms with Crippen molar-refractivity contribution in [2.24, 2.45) is 7.05 Å². The van der Waals surface area contributed by atoms with Crippen LogP contribution in [0, 0.1) is 6.92 Å². The van der Waals surface area contributed by atoms with Gasteiger partial charge in [-0.25, -0.2) is 24.9 Å². The lowest BCUT2D eigenvalue weighted by atomic mass is 10.1. The molecule has 37 heavy (non-hydrogen) atoms. The Kier molecular flexibility index (Phi) is 5.94. The molecule has 0 aliphatic rings. The monoisotopic (exact) mass is 507 g/mol. The molecular formula is C25H20F3N7O2. The Morgan fingerprint density at radius 1 is 1.00 bits per heavy atom. The van der Waals surface area contributed by atoms with Crippen LogP contribution in [0.25, 0.3) is 33.8 Å². The van der Waals surface area contributed by atoms with Crippen molar-refractivity contribution in [2.45, 2.75) is 19.6 Å². The van der Waals surface area contributed by atoms with Gasteiger partial charge in [0.25, 0.3) is 5.56 Å². The lowest BCUT2D eigenvalue weighted by molar-refractivity contribution is -0.140. The number of alkyl halides is 3. The molecule has 0 radical (unpaired) electrons. The van der Waals surface area contributed by atoms with E-state index < -0.39 is 11.9 Å². The second kappa shape index (κ2) is 9.12. The van der Waals surface area contributed by atoms with Crippen LogP contribution >= 0.6 is 0 Å². The number of halogens is 3. The van der Waals surface area contributed by atoms with Crippen molar-refractivity contribution >= 4 is 11.0 Å². The van der Waals surface area contributed by atoms with Crippen LogP contribution in [0.5, 0.6) is 5.88 Å². The molecule has 0 spiro atoms. The first kappa shape index (κ1) is 24.1. The van der Waals surface area contributed by atoms with Crippen molar-refractivity contribution in [1.29, 1.82) is 0 Å². The van der Waals surface area contributed by atoms with E-state index in [0.29, 0.717) is 39.6 Å². The Morgan fingerprint density at radius 3 is 2.43 bits per heavy atom. The van der Waals surface area contributed by atoms with Crippen molar-refractivity contribution in [2.75, 3.05) is 7.11 Å². The summed E-state index contributed by atoms with van der Waals surface area (Å²) in [5, 5.41) is 0.654. The first-order valence-electron chi connectivity index (χ1n) is 11.1. The fourth-order valence-corrected chi connectivity index (χ4v) is 4.02. The van der Waals surface area contributed by atoms with Crippen LogP contribution < -0.4 is 10.3 Å². The van der Waals surface area contributed by atoms with E-state index in [9.17, 15) is 18.0 Å². The first-order valence-corrected chi connectivity index (χ1v) is 11.1. The molecule has 12 heteroatoms. The molecule has 0 N–H and O–H groups in total. The van der Waals surface area contributed by atoms with Gasteiger partial charge in [-0.05, 0) is 18.6 Å². The Balaban J connectivity index is 1.52. The molecule has 0 bridgehead atoms. The highest BCUT2D eigenvalue weighted by Crippen LogP contribution is 2.31. The van der Waals surface area contributed by atoms with Crippen LogP contribution in [0.4, 0.5) is 13.2 Å². The highest BCUT2D eigenvalue weighted by Gasteiger charge is 2.34. The Morgan fingerprint density at radius 2 is 1.76 bits per heavy atom. The van der Waals surface area contributed by atoms with Crippen LogP contribution in [-0.2, 0) is 19.8 Å². The summed E-state index contributed by atoms with van der Waals surface area (Å²) in [7, 11) is 2.99. The summed E-state index contributed by atoms with van der Waals surface area (Å²) in [5.74, 6) is 0.815. The molecule has 0 saturated heterocycles. The van der Waals surface area contributed by atoms with Gasteiger partial charge in [-0.15, -0.1) is 0 Å². The molecule has 0 saturated carbocycles. The van der Waals surface area contributed by atoms with Crippen molar-refractivity contribution in [1.82, 2.24) is 34.1 Å². The minimum atomic E-state index is -4.53. The molecule has 1 aromatic carbocycles. The van der Waals surface area contributed by atoms with Crippen LogP contribution in [0.3, 0.4) is 0 Å². The third-order valence-electron chi connectivity index (χ3n) is 5.86. The van der Waals surface area contributed by atoms with Gasteiger partial charge >= 0.3 is 6.18 Å². The Labute approximate surface area is 208 Å². The van der Waals surface area contributed by atoms with Gasteiger partial charge in [-0.3, -0.25) is 9.36 Å². The number of hydrogen-bond acceptors (Lipinski definition) is 7. The third kappa shape index (κ3) is 4.53. The number of fused-ring (bicyclic) bond motifs is 1. The summed E-state index contributed by atoms with van der Waals surface area (Å²) in [6, 6.07) is 9.90. The predicted octanol–water partition coefficient (Wildman–Crippen LogP) is 4.03. The van der Waals surface area contributed by atoms with E-state index in [1.54, 1.807) is 43.5 Å². The zero-order valence-electron chi connectivity index (χ0n) is 20.0. The predicted molar refractivity (Wildman–Crippen MR) is 129 cm³/mol. The molecule has 5 aromatic rings. The van der Waals surface area contributed by atoms with E-state index in [1.165, 1.54) is 35.7 Å². The highest BCUT2D eigenvalue weighted by molar-refractivity contribution is 5.77. The van der Waals surface area contributed by atoms with Gasteiger partial charge < -0.3 is 9.30 Å². The zero-order valence-corrected chi connectivity index (χ0v) is 20.0. The maximum absolute atomic E-state index is 13.0. The third-order valence-corrected chi connectivity index (χ3v) is 5.86. The Bertz CT molecular complexity index is 1680. The average Bonchev–Trinajstić information content (AvgIpc) is 3.28. The summed E-state index contributed by atoms with van der Waals surface area (Å²) in [5.41, 5.74) is 1.59. The molecule has 0 amide bonds. The number of ether oxygens (including phenoxy) is 1. The van der Waals surface area contributed by atoms with Crippen LogP contribution in [-0.4, -0.2) is 41.2 Å². The number of methoxy groups -OCH3 is 1. The molecule has 4 aromatic heterocycles. The van der Waals surface area contributed by atoms with E-state index in [1.807, 2.05) is 0 Å². The number of rotatable bonds is 5. The SMILES string of the molecule is COc1ncnc(C)c1-c1ncc2ccc(=O)n(Cc3ccc(-c4nc(C(F)(F)F)cn4C)cc3)c2n1. The van der Waals surface area contributed by atoms with Gasteiger partial charge in [0, 0.05) is 36.5 Å². The van der Waals surface area contributed by atoms with Gasteiger partial charge in [0.15, 0.2) is 11.5 Å². The average molecular weight is 507 g/mol. The molecule has 188 valence electrons. The molecular weight excluding hydrogens is 487 g/mol. The van der Waals surface area contributed by atoms with Crippen molar-refractivity contribution in [3.05, 3.63) is 82.4 Å². The molecule has 9 nitrogen and oxygen atoms in total. The number of imidazole rings is 1. The fourth-order valence-electron chi connectivity index (χ4n) is 4.02. The fraction of sp³-hybridized carbons (Fsp3) is 0.200. The first-order chi connectivity index (χ1) is 17.7. The van der Waals surface area contributed by atoms with Crippen LogP contribution in [0.15, 0.2) is 59.9 Å². The summed E-state index contributed by atoms with van der Waals surface area (Å²) in [4.78, 5) is 34.0. The maximum Gasteiger partial charge on any atom is 0.434 e. The van der Waals surface area contributed by atoms with Gasteiger partial charge in [-0.1, -0.05) is 24.3 Å². The van der Waals surface area contributed by atoms with Gasteiger partial charge in [-0.2, -0.15) is 13.2 Å². The molecule has 0 aliphatic heterocycles. The molecule has 0 unspecified atom stereocenters. The molecule has 0 fully saturated rings. The maximum atomic E-state index is 13.0. The molecule has 0 aliphatic carbocycles. The van der Waals surface area contributed by atoms with Crippen molar-refractivity contribution in [3.8, 4) is 28.7 Å². The van der Waals surface area contributed by atoms with E-state index in [2.05, 4.69) is 24.9 Å². The van der Waals surface area contributed by atoms with E-state index >= 15 is 0 Å². The van der Waals surface area contributed by atoms with Crippen molar-refractivity contribution < 1.29 is 17.9 Å². The number of benzene rings is 1. The van der Waals surface area contributed by atoms with Crippen LogP contribution in [0.2, 0.25) is 0 Å². The quantitative estimate of drug-likeness (QED) is 0.354. The minimum Gasteiger partial charge on any atom is -0.480 e. The summed E-state index contributed by atoms with van der Waals surface area (Å²) >= 11 is 0. The number of aromatic nitrogens is 7.